The van der Waals surface area contributed by atoms with E-state index >= 15 is 0 Å². The molecule has 0 aliphatic carbocycles. The van der Waals surface area contributed by atoms with Crippen molar-refractivity contribution in [3.8, 4) is 0 Å². The number of piperidine rings is 1. The normalized spacial score (nSPS) is 24.9. The number of hydrogen-bond acceptors (Lipinski definition) is 5. The maximum Gasteiger partial charge on any atom is 0.314 e. The molecule has 2 fully saturated rings. The highest BCUT2D eigenvalue weighted by Crippen LogP contribution is 2.33. The van der Waals surface area contributed by atoms with Gasteiger partial charge in [0.1, 0.15) is 0 Å². The van der Waals surface area contributed by atoms with Crippen LogP contribution in [0.1, 0.15) is 50.4 Å². The molecule has 126 valence electrons. The number of carbonyl (C=O) groups excluding carboxylic acids is 2. The Balaban J connectivity index is 1.71. The van der Waals surface area contributed by atoms with Crippen molar-refractivity contribution >= 4 is 11.9 Å². The van der Waals surface area contributed by atoms with Crippen LogP contribution in [-0.4, -0.2) is 51.5 Å². The van der Waals surface area contributed by atoms with Gasteiger partial charge < -0.3 is 20.1 Å². The molecular formula is C15H23N5O3. The van der Waals surface area contributed by atoms with Gasteiger partial charge in [-0.2, -0.15) is 4.98 Å². The van der Waals surface area contributed by atoms with Gasteiger partial charge in [0.05, 0.1) is 12.0 Å². The van der Waals surface area contributed by atoms with E-state index in [2.05, 4.69) is 10.1 Å². The Morgan fingerprint density at radius 2 is 2.09 bits per heavy atom. The quantitative estimate of drug-likeness (QED) is 0.897. The van der Waals surface area contributed by atoms with Crippen molar-refractivity contribution in [2.75, 3.05) is 19.6 Å². The minimum absolute atomic E-state index is 0.0706. The van der Waals surface area contributed by atoms with Crippen molar-refractivity contribution < 1.29 is 14.1 Å². The Morgan fingerprint density at radius 3 is 2.78 bits per heavy atom. The van der Waals surface area contributed by atoms with Crippen molar-refractivity contribution in [1.29, 1.82) is 0 Å². The third kappa shape index (κ3) is 3.16. The van der Waals surface area contributed by atoms with Crippen molar-refractivity contribution in [2.45, 2.75) is 45.1 Å². The van der Waals surface area contributed by atoms with Crippen LogP contribution in [0.4, 0.5) is 4.79 Å². The number of primary amides is 1. The first-order valence-corrected chi connectivity index (χ1v) is 8.27. The van der Waals surface area contributed by atoms with E-state index < -0.39 is 6.03 Å². The van der Waals surface area contributed by atoms with Gasteiger partial charge >= 0.3 is 6.03 Å². The molecule has 0 aromatic carbocycles. The first-order valence-electron chi connectivity index (χ1n) is 8.27. The SMILES string of the molecule is CCc1nc([C@@H]2CCCN2C(=O)[C@@H]2CCCN(C(N)=O)C2)no1. The van der Waals surface area contributed by atoms with Crippen LogP contribution in [0.15, 0.2) is 4.52 Å². The fourth-order valence-electron chi connectivity index (χ4n) is 3.46. The lowest BCUT2D eigenvalue weighted by Gasteiger charge is -2.34. The van der Waals surface area contributed by atoms with Gasteiger partial charge in [-0.1, -0.05) is 12.1 Å². The van der Waals surface area contributed by atoms with Crippen LogP contribution in [0.3, 0.4) is 0 Å². The van der Waals surface area contributed by atoms with E-state index in [4.69, 9.17) is 10.3 Å². The number of rotatable bonds is 3. The Bertz CT molecular complexity index is 587. The van der Waals surface area contributed by atoms with Crippen molar-refractivity contribution in [1.82, 2.24) is 19.9 Å². The summed E-state index contributed by atoms with van der Waals surface area (Å²) in [7, 11) is 0. The summed E-state index contributed by atoms with van der Waals surface area (Å²) >= 11 is 0. The van der Waals surface area contributed by atoms with Crippen LogP contribution in [0, 0.1) is 5.92 Å². The summed E-state index contributed by atoms with van der Waals surface area (Å²) in [6, 6.07) is -0.568. The third-order valence-corrected chi connectivity index (χ3v) is 4.70. The van der Waals surface area contributed by atoms with Gasteiger partial charge in [0.15, 0.2) is 5.82 Å². The molecule has 1 aromatic heterocycles. The molecule has 8 nitrogen and oxygen atoms in total. The smallest absolute Gasteiger partial charge is 0.314 e. The van der Waals surface area contributed by atoms with Crippen LogP contribution in [-0.2, 0) is 11.2 Å². The molecule has 2 aliphatic rings. The standard InChI is InChI=1S/C15H23N5O3/c1-2-12-17-13(18-23-12)11-6-4-8-20(11)14(21)10-5-3-7-19(9-10)15(16)22/h10-11H,2-9H2,1H3,(H2,16,22)/t10-,11+/m1/s1. The van der Waals surface area contributed by atoms with Gasteiger partial charge in [-0.3, -0.25) is 4.79 Å². The van der Waals surface area contributed by atoms with Gasteiger partial charge in [-0.25, -0.2) is 4.79 Å². The number of carbonyl (C=O) groups is 2. The average molecular weight is 321 g/mol. The highest BCUT2D eigenvalue weighted by molar-refractivity contribution is 5.81. The van der Waals surface area contributed by atoms with Crippen molar-refractivity contribution in [2.24, 2.45) is 11.7 Å². The molecule has 0 unspecified atom stereocenters. The summed E-state index contributed by atoms with van der Waals surface area (Å²) in [4.78, 5) is 32.0. The summed E-state index contributed by atoms with van der Waals surface area (Å²) in [5, 5.41) is 4.03. The monoisotopic (exact) mass is 321 g/mol. The molecule has 23 heavy (non-hydrogen) atoms. The zero-order chi connectivity index (χ0) is 16.4. The Hall–Kier alpha value is -2.12. The van der Waals surface area contributed by atoms with Crippen molar-refractivity contribution in [3.05, 3.63) is 11.7 Å². The topological polar surface area (TPSA) is 106 Å². The number of aromatic nitrogens is 2. The summed E-state index contributed by atoms with van der Waals surface area (Å²) < 4.78 is 5.18. The molecule has 3 heterocycles. The van der Waals surface area contributed by atoms with E-state index in [-0.39, 0.29) is 17.9 Å². The molecule has 3 rings (SSSR count). The minimum Gasteiger partial charge on any atom is -0.351 e. The number of nitrogens with two attached hydrogens (primary N) is 1. The molecule has 2 aliphatic heterocycles. The molecule has 2 N–H and O–H groups in total. The molecule has 1 aromatic rings. The van der Waals surface area contributed by atoms with Gasteiger partial charge in [0.2, 0.25) is 11.8 Å². The van der Waals surface area contributed by atoms with Gasteiger partial charge in [0, 0.05) is 26.1 Å². The van der Waals surface area contributed by atoms with E-state index in [0.717, 1.165) is 25.7 Å². The van der Waals surface area contributed by atoms with E-state index in [9.17, 15) is 9.59 Å². The molecule has 8 heteroatoms. The zero-order valence-corrected chi connectivity index (χ0v) is 13.4. The first kappa shape index (κ1) is 15.8. The zero-order valence-electron chi connectivity index (χ0n) is 13.4. The maximum absolute atomic E-state index is 12.9. The number of urea groups is 1. The van der Waals surface area contributed by atoms with Crippen LogP contribution >= 0.6 is 0 Å². The molecule has 0 spiro atoms. The molecule has 2 atom stereocenters. The minimum atomic E-state index is -0.453. The number of hydrogen-bond donors (Lipinski definition) is 1. The maximum atomic E-state index is 12.9. The second-order valence-electron chi connectivity index (χ2n) is 6.21. The van der Waals surface area contributed by atoms with Crippen molar-refractivity contribution in [3.63, 3.8) is 0 Å². The van der Waals surface area contributed by atoms with Gasteiger partial charge in [0.25, 0.3) is 0 Å². The van der Waals surface area contributed by atoms with E-state index in [1.165, 1.54) is 0 Å². The molecule has 0 radical (unpaired) electrons. The molecule has 2 saturated heterocycles. The lowest BCUT2D eigenvalue weighted by atomic mass is 9.96. The summed E-state index contributed by atoms with van der Waals surface area (Å²) in [5.74, 6) is 1.07. The average Bonchev–Trinajstić information content (AvgIpc) is 3.22. The van der Waals surface area contributed by atoms with Crippen LogP contribution in [0.2, 0.25) is 0 Å². The fraction of sp³-hybridized carbons (Fsp3) is 0.733. The number of likely N-dealkylation sites (tertiary alicyclic amines) is 2. The lowest BCUT2D eigenvalue weighted by Crippen LogP contribution is -2.48. The fourth-order valence-corrected chi connectivity index (χ4v) is 3.46. The molecule has 3 amide bonds. The van der Waals surface area contributed by atoms with Crippen LogP contribution < -0.4 is 5.73 Å². The highest BCUT2D eigenvalue weighted by atomic mass is 16.5. The second-order valence-corrected chi connectivity index (χ2v) is 6.21. The van der Waals surface area contributed by atoms with Gasteiger partial charge in [-0.05, 0) is 25.7 Å². The largest absolute Gasteiger partial charge is 0.351 e. The third-order valence-electron chi connectivity index (χ3n) is 4.70. The number of nitrogens with zero attached hydrogens (tertiary/aromatic N) is 4. The Kier molecular flexibility index (Phi) is 4.49. The first-order chi connectivity index (χ1) is 11.1. The highest BCUT2D eigenvalue weighted by Gasteiger charge is 2.38. The Labute approximate surface area is 135 Å². The van der Waals surface area contributed by atoms with E-state index in [1.54, 1.807) is 4.90 Å². The predicted octanol–water partition coefficient (Wildman–Crippen LogP) is 1.09. The van der Waals surface area contributed by atoms with Gasteiger partial charge in [-0.15, -0.1) is 0 Å². The summed E-state index contributed by atoms with van der Waals surface area (Å²) in [5.41, 5.74) is 5.35. The molecule has 0 bridgehead atoms. The lowest BCUT2D eigenvalue weighted by molar-refractivity contribution is -0.138. The van der Waals surface area contributed by atoms with E-state index in [0.29, 0.717) is 37.8 Å². The molecule has 0 saturated carbocycles. The van der Waals surface area contributed by atoms with Crippen LogP contribution in [0.5, 0.6) is 0 Å². The predicted molar refractivity (Wildman–Crippen MR) is 81.2 cm³/mol. The summed E-state index contributed by atoms with van der Waals surface area (Å²) in [6.07, 6.45) is 4.06. The number of aryl methyl sites for hydroxylation is 1. The number of amides is 3. The summed E-state index contributed by atoms with van der Waals surface area (Å²) in [6.45, 7) is 3.69. The van der Waals surface area contributed by atoms with E-state index in [1.807, 2.05) is 11.8 Å². The molecular weight excluding hydrogens is 298 g/mol. The Morgan fingerprint density at radius 1 is 1.30 bits per heavy atom. The second kappa shape index (κ2) is 6.55. The van der Waals surface area contributed by atoms with Crippen LogP contribution in [0.25, 0.3) is 0 Å².